The molecule has 0 heterocycles. The van der Waals surface area contributed by atoms with Gasteiger partial charge in [-0.3, -0.25) is 0 Å². The van der Waals surface area contributed by atoms with E-state index in [-0.39, 0.29) is 0 Å². The second-order valence-corrected chi connectivity index (χ2v) is 4.79. The zero-order chi connectivity index (χ0) is 9.97. The minimum atomic E-state index is 0.773. The molecule has 0 saturated heterocycles. The third kappa shape index (κ3) is 2.60. The number of nitrogens with one attached hydrogen (secondary N) is 1. The lowest BCUT2D eigenvalue weighted by molar-refractivity contribution is 0.411. The van der Waals surface area contributed by atoms with E-state index in [1.807, 2.05) is 6.07 Å². The molecule has 1 fully saturated rings. The van der Waals surface area contributed by atoms with Crippen molar-refractivity contribution in [3.05, 3.63) is 27.3 Å². The Morgan fingerprint density at radius 1 is 1.50 bits per heavy atom. The largest absolute Gasteiger partial charge is 0.496 e. The van der Waals surface area contributed by atoms with Gasteiger partial charge in [-0.2, -0.15) is 0 Å². The smallest absolute Gasteiger partial charge is 0.132 e. The summed E-state index contributed by atoms with van der Waals surface area (Å²) in [6.07, 6.45) is 2.68. The van der Waals surface area contributed by atoms with E-state index in [1.165, 1.54) is 22.0 Å². The Hall–Kier alpha value is -0.290. The Labute approximate surface area is 98.2 Å². The van der Waals surface area contributed by atoms with Crippen LogP contribution in [0.1, 0.15) is 18.4 Å². The molecule has 0 aromatic heterocycles. The highest BCUT2D eigenvalue weighted by molar-refractivity contribution is 14.1. The van der Waals surface area contributed by atoms with Crippen LogP contribution >= 0.6 is 22.6 Å². The molecular weight excluding hydrogens is 289 g/mol. The molecule has 2 nitrogen and oxygen atoms in total. The van der Waals surface area contributed by atoms with Crippen molar-refractivity contribution < 1.29 is 4.74 Å². The zero-order valence-electron chi connectivity index (χ0n) is 8.22. The maximum Gasteiger partial charge on any atom is 0.132 e. The summed E-state index contributed by atoms with van der Waals surface area (Å²) in [4.78, 5) is 0. The second kappa shape index (κ2) is 4.49. The number of hydrogen-bond acceptors (Lipinski definition) is 2. The molecule has 0 atom stereocenters. The van der Waals surface area contributed by atoms with Crippen molar-refractivity contribution in [2.24, 2.45) is 0 Å². The van der Waals surface area contributed by atoms with E-state index >= 15 is 0 Å². The first-order valence-electron chi connectivity index (χ1n) is 4.85. The van der Waals surface area contributed by atoms with Gasteiger partial charge in [-0.25, -0.2) is 0 Å². The predicted octanol–water partition coefficient (Wildman–Crippen LogP) is 2.55. The van der Waals surface area contributed by atoms with Gasteiger partial charge in [0.25, 0.3) is 0 Å². The number of rotatable bonds is 4. The van der Waals surface area contributed by atoms with Gasteiger partial charge < -0.3 is 10.1 Å². The average molecular weight is 303 g/mol. The van der Waals surface area contributed by atoms with Crippen LogP contribution in [0.15, 0.2) is 18.2 Å². The van der Waals surface area contributed by atoms with Gasteiger partial charge in [0.2, 0.25) is 0 Å². The Morgan fingerprint density at radius 2 is 2.29 bits per heavy atom. The van der Waals surface area contributed by atoms with E-state index in [9.17, 15) is 0 Å². The van der Waals surface area contributed by atoms with E-state index in [1.54, 1.807) is 7.11 Å². The molecule has 1 aromatic rings. The van der Waals surface area contributed by atoms with Gasteiger partial charge in [0.15, 0.2) is 0 Å². The minimum absolute atomic E-state index is 0.773. The molecule has 14 heavy (non-hydrogen) atoms. The Bertz CT molecular complexity index is 323. The third-order valence-electron chi connectivity index (χ3n) is 2.39. The molecule has 1 saturated carbocycles. The van der Waals surface area contributed by atoms with Crippen molar-refractivity contribution in [1.29, 1.82) is 0 Å². The summed E-state index contributed by atoms with van der Waals surface area (Å²) in [6, 6.07) is 7.10. The fourth-order valence-corrected chi connectivity index (χ4v) is 2.17. The van der Waals surface area contributed by atoms with E-state index in [0.29, 0.717) is 0 Å². The van der Waals surface area contributed by atoms with Crippen molar-refractivity contribution in [3.8, 4) is 5.75 Å². The number of hydrogen-bond donors (Lipinski definition) is 1. The van der Waals surface area contributed by atoms with Crippen LogP contribution in [-0.4, -0.2) is 13.2 Å². The normalized spacial score (nSPS) is 15.6. The Morgan fingerprint density at radius 3 is 2.86 bits per heavy atom. The summed E-state index contributed by atoms with van der Waals surface area (Å²) >= 11 is 2.31. The van der Waals surface area contributed by atoms with Gasteiger partial charge in [-0.1, -0.05) is 6.07 Å². The number of methoxy groups -OCH3 is 1. The SMILES string of the molecule is COc1ccc(CNC2CC2)cc1I. The Kier molecular flexibility index (Phi) is 3.28. The zero-order valence-corrected chi connectivity index (χ0v) is 10.4. The lowest BCUT2D eigenvalue weighted by Crippen LogP contribution is -2.15. The van der Waals surface area contributed by atoms with Gasteiger partial charge in [0, 0.05) is 12.6 Å². The topological polar surface area (TPSA) is 21.3 Å². The first-order valence-corrected chi connectivity index (χ1v) is 5.93. The van der Waals surface area contributed by atoms with Crippen LogP contribution in [0.5, 0.6) is 5.75 Å². The first kappa shape index (κ1) is 10.2. The monoisotopic (exact) mass is 303 g/mol. The fourth-order valence-electron chi connectivity index (χ4n) is 1.37. The molecule has 2 rings (SSSR count). The molecule has 1 N–H and O–H groups in total. The van der Waals surface area contributed by atoms with Gasteiger partial charge in [0.05, 0.1) is 10.7 Å². The number of halogens is 1. The molecule has 1 aliphatic carbocycles. The van der Waals surface area contributed by atoms with Gasteiger partial charge in [-0.15, -0.1) is 0 Å². The average Bonchev–Trinajstić information content (AvgIpc) is 2.98. The summed E-state index contributed by atoms with van der Waals surface area (Å²) in [5, 5.41) is 3.49. The standard InChI is InChI=1S/C11H14INO/c1-14-11-5-2-8(6-10(11)12)7-13-9-3-4-9/h2,5-6,9,13H,3-4,7H2,1H3. The molecule has 1 aromatic carbocycles. The molecular formula is C11H14INO. The second-order valence-electron chi connectivity index (χ2n) is 3.62. The number of ether oxygens (including phenoxy) is 1. The molecule has 1 aliphatic rings. The lowest BCUT2D eigenvalue weighted by Gasteiger charge is -2.06. The predicted molar refractivity (Wildman–Crippen MR) is 65.6 cm³/mol. The van der Waals surface area contributed by atoms with E-state index in [0.717, 1.165) is 18.3 Å². The van der Waals surface area contributed by atoms with Crippen molar-refractivity contribution in [1.82, 2.24) is 5.32 Å². The number of benzene rings is 1. The van der Waals surface area contributed by atoms with Crippen LogP contribution < -0.4 is 10.1 Å². The molecule has 0 unspecified atom stereocenters. The summed E-state index contributed by atoms with van der Waals surface area (Å²) in [5.41, 5.74) is 1.34. The van der Waals surface area contributed by atoms with Crippen molar-refractivity contribution in [2.75, 3.05) is 7.11 Å². The summed E-state index contributed by atoms with van der Waals surface area (Å²) in [5.74, 6) is 0.959. The maximum absolute atomic E-state index is 5.21. The first-order chi connectivity index (χ1) is 6.79. The molecule has 0 aliphatic heterocycles. The highest BCUT2D eigenvalue weighted by atomic mass is 127. The molecule has 0 spiro atoms. The van der Waals surface area contributed by atoms with Crippen molar-refractivity contribution in [3.63, 3.8) is 0 Å². The van der Waals surface area contributed by atoms with Crippen LogP contribution in [0.3, 0.4) is 0 Å². The van der Waals surface area contributed by atoms with Crippen molar-refractivity contribution >= 4 is 22.6 Å². The molecule has 0 bridgehead atoms. The quantitative estimate of drug-likeness (QED) is 0.863. The highest BCUT2D eigenvalue weighted by Gasteiger charge is 2.19. The van der Waals surface area contributed by atoms with Gasteiger partial charge in [-0.05, 0) is 53.1 Å². The molecule has 3 heteroatoms. The highest BCUT2D eigenvalue weighted by Crippen LogP contribution is 2.23. The molecule has 76 valence electrons. The third-order valence-corrected chi connectivity index (χ3v) is 3.23. The van der Waals surface area contributed by atoms with Crippen LogP contribution in [0.2, 0.25) is 0 Å². The maximum atomic E-state index is 5.21. The van der Waals surface area contributed by atoms with Crippen LogP contribution in [0.4, 0.5) is 0 Å². The lowest BCUT2D eigenvalue weighted by atomic mass is 10.2. The summed E-state index contributed by atoms with van der Waals surface area (Å²) in [7, 11) is 1.71. The van der Waals surface area contributed by atoms with E-state index < -0.39 is 0 Å². The van der Waals surface area contributed by atoms with E-state index in [2.05, 4.69) is 40.0 Å². The fraction of sp³-hybridized carbons (Fsp3) is 0.455. The Balaban J connectivity index is 1.99. The van der Waals surface area contributed by atoms with Crippen molar-refractivity contribution in [2.45, 2.75) is 25.4 Å². The summed E-state index contributed by atoms with van der Waals surface area (Å²) in [6.45, 7) is 0.977. The van der Waals surface area contributed by atoms with Gasteiger partial charge >= 0.3 is 0 Å². The van der Waals surface area contributed by atoms with Gasteiger partial charge in [0.1, 0.15) is 5.75 Å². The minimum Gasteiger partial charge on any atom is -0.496 e. The van der Waals surface area contributed by atoms with Crippen LogP contribution in [0.25, 0.3) is 0 Å². The van der Waals surface area contributed by atoms with E-state index in [4.69, 9.17) is 4.74 Å². The molecule has 0 amide bonds. The van der Waals surface area contributed by atoms with Crippen LogP contribution in [-0.2, 0) is 6.54 Å². The molecule has 0 radical (unpaired) electrons. The van der Waals surface area contributed by atoms with Crippen LogP contribution in [0, 0.1) is 3.57 Å². The summed E-state index contributed by atoms with van der Waals surface area (Å²) < 4.78 is 6.39.